The second-order valence-corrected chi connectivity index (χ2v) is 19.2. The van der Waals surface area contributed by atoms with E-state index < -0.39 is 61.5 Å². The molecule has 10 nitrogen and oxygen atoms in total. The van der Waals surface area contributed by atoms with Gasteiger partial charge in [0.05, 0.1) is 25.4 Å². The molecule has 0 spiro atoms. The first kappa shape index (κ1) is 61.4. The van der Waals surface area contributed by atoms with Crippen LogP contribution in [0.2, 0.25) is 0 Å². The smallest absolute Gasteiger partial charge is 0.249 e. The van der Waals surface area contributed by atoms with E-state index in [0.29, 0.717) is 19.3 Å². The van der Waals surface area contributed by atoms with Gasteiger partial charge in [0.25, 0.3) is 0 Å². The van der Waals surface area contributed by atoms with E-state index in [-0.39, 0.29) is 6.61 Å². The maximum atomic E-state index is 13.1. The molecule has 1 aliphatic rings. The van der Waals surface area contributed by atoms with Gasteiger partial charge in [-0.2, -0.15) is 0 Å². The number of aliphatic hydroxyl groups excluding tert-OH is 6. The molecule has 1 saturated heterocycles. The summed E-state index contributed by atoms with van der Waals surface area (Å²) < 4.78 is 11.1. The first-order valence-electron chi connectivity index (χ1n) is 27.3. The minimum Gasteiger partial charge on any atom is -0.394 e. The van der Waals surface area contributed by atoms with Crippen LogP contribution in [0.1, 0.15) is 245 Å². The fourth-order valence-electron chi connectivity index (χ4n) is 8.61. The molecule has 8 unspecified atom stereocenters. The highest BCUT2D eigenvalue weighted by Crippen LogP contribution is 2.23. The van der Waals surface area contributed by atoms with Gasteiger partial charge in [-0.05, 0) is 44.9 Å². The number of ether oxygens (including phenoxy) is 2. The zero-order valence-corrected chi connectivity index (χ0v) is 41.9. The van der Waals surface area contributed by atoms with E-state index in [1.807, 2.05) is 6.08 Å². The highest BCUT2D eigenvalue weighted by molar-refractivity contribution is 5.80. The second-order valence-electron chi connectivity index (χ2n) is 19.2. The lowest BCUT2D eigenvalue weighted by atomic mass is 9.99. The Balaban J connectivity index is 2.23. The molecule has 0 radical (unpaired) electrons. The summed E-state index contributed by atoms with van der Waals surface area (Å²) in [6, 6.07) is -1.00. The SMILES string of the molecule is CCCCC/C=C/CC/C=C/CC/C=C/C(O)C(COC1OC(CO)C(O)C(O)C1O)NC(=O)C(O)CCCCCCCCCCCCCCCCCCCCCCCCCCCCC. The van der Waals surface area contributed by atoms with Crippen molar-refractivity contribution in [1.29, 1.82) is 0 Å². The Morgan fingerprint density at radius 1 is 0.523 bits per heavy atom. The molecule has 0 bridgehead atoms. The van der Waals surface area contributed by atoms with Crippen molar-refractivity contribution in [1.82, 2.24) is 5.32 Å². The third kappa shape index (κ3) is 34.3. The standard InChI is InChI=1S/C55H103NO9/c1-3-5-7-9-11-13-15-17-18-19-20-21-22-23-24-25-26-27-28-29-30-32-34-36-38-40-42-44-49(59)54(63)56-47(46-64-55-53(62)52(61)51(60)50(45-57)65-55)48(58)43-41-39-37-35-33-31-16-14-12-10-8-6-4-2/h12,14,33,35,41,43,47-53,55,57-62H,3-11,13,15-32,34,36-40,42,44-46H2,1-2H3,(H,56,63)/b14-12+,35-33+,43-41+. The molecule has 0 aliphatic carbocycles. The molecular formula is C55H103NO9. The van der Waals surface area contributed by atoms with E-state index in [9.17, 15) is 35.4 Å². The fraction of sp³-hybridized carbons (Fsp3) is 0.873. The van der Waals surface area contributed by atoms with Gasteiger partial charge in [-0.3, -0.25) is 4.79 Å². The van der Waals surface area contributed by atoms with Crippen molar-refractivity contribution in [3.05, 3.63) is 36.5 Å². The summed E-state index contributed by atoms with van der Waals surface area (Å²) in [5.74, 6) is -0.628. The summed E-state index contributed by atoms with van der Waals surface area (Å²) >= 11 is 0. The van der Waals surface area contributed by atoms with E-state index in [1.165, 1.54) is 167 Å². The van der Waals surface area contributed by atoms with E-state index in [0.717, 1.165) is 44.9 Å². The Hall–Kier alpha value is -1.63. The Morgan fingerprint density at radius 2 is 0.908 bits per heavy atom. The topological polar surface area (TPSA) is 169 Å². The van der Waals surface area contributed by atoms with Crippen LogP contribution in [-0.2, 0) is 14.3 Å². The lowest BCUT2D eigenvalue weighted by Gasteiger charge is -2.40. The van der Waals surface area contributed by atoms with Crippen molar-refractivity contribution in [2.75, 3.05) is 13.2 Å². The van der Waals surface area contributed by atoms with Crippen molar-refractivity contribution >= 4 is 5.91 Å². The largest absolute Gasteiger partial charge is 0.394 e. The lowest BCUT2D eigenvalue weighted by molar-refractivity contribution is -0.302. The number of aliphatic hydroxyl groups is 6. The van der Waals surface area contributed by atoms with Gasteiger partial charge in [-0.25, -0.2) is 0 Å². The molecule has 0 aromatic carbocycles. The zero-order chi connectivity index (χ0) is 47.4. The number of nitrogens with one attached hydrogen (secondary N) is 1. The van der Waals surface area contributed by atoms with Gasteiger partial charge in [0.1, 0.15) is 30.5 Å². The average Bonchev–Trinajstić information content (AvgIpc) is 3.31. The average molecular weight is 922 g/mol. The molecule has 0 aromatic rings. The molecule has 1 rings (SSSR count). The molecule has 0 saturated carbocycles. The Bertz CT molecular complexity index is 1130. The predicted octanol–water partition coefficient (Wildman–Crippen LogP) is 11.8. The van der Waals surface area contributed by atoms with Gasteiger partial charge in [-0.1, -0.05) is 237 Å². The number of carbonyl (C=O) groups excluding carboxylic acids is 1. The summed E-state index contributed by atoms with van der Waals surface area (Å²) in [6.07, 6.45) is 46.9. The van der Waals surface area contributed by atoms with Crippen molar-refractivity contribution in [2.45, 2.75) is 294 Å². The van der Waals surface area contributed by atoms with Crippen LogP contribution in [0, 0.1) is 0 Å². The highest BCUT2D eigenvalue weighted by atomic mass is 16.7. The minimum atomic E-state index is -1.62. The van der Waals surface area contributed by atoms with Crippen molar-refractivity contribution < 1.29 is 44.9 Å². The molecule has 382 valence electrons. The minimum absolute atomic E-state index is 0.304. The van der Waals surface area contributed by atoms with Gasteiger partial charge in [-0.15, -0.1) is 0 Å². The summed E-state index contributed by atoms with van der Waals surface area (Å²) in [7, 11) is 0. The van der Waals surface area contributed by atoms with Crippen LogP contribution in [0.15, 0.2) is 36.5 Å². The summed E-state index contributed by atoms with van der Waals surface area (Å²) in [5, 5.41) is 64.8. The molecule has 7 N–H and O–H groups in total. The first-order valence-corrected chi connectivity index (χ1v) is 27.3. The number of amides is 1. The van der Waals surface area contributed by atoms with Crippen molar-refractivity contribution in [3.8, 4) is 0 Å². The first-order chi connectivity index (χ1) is 31.8. The van der Waals surface area contributed by atoms with Crippen LogP contribution in [0.4, 0.5) is 0 Å². The molecule has 8 atom stereocenters. The van der Waals surface area contributed by atoms with Gasteiger partial charge in [0, 0.05) is 0 Å². The number of hydrogen-bond acceptors (Lipinski definition) is 9. The lowest BCUT2D eigenvalue weighted by Crippen LogP contribution is -2.60. The molecular weight excluding hydrogens is 819 g/mol. The van der Waals surface area contributed by atoms with Crippen molar-refractivity contribution in [2.24, 2.45) is 0 Å². The van der Waals surface area contributed by atoms with Gasteiger partial charge in [0.2, 0.25) is 5.91 Å². The summed E-state index contributed by atoms with van der Waals surface area (Å²) in [5.41, 5.74) is 0. The fourth-order valence-corrected chi connectivity index (χ4v) is 8.61. The molecule has 1 aliphatic heterocycles. The third-order valence-corrected chi connectivity index (χ3v) is 13.1. The summed E-state index contributed by atoms with van der Waals surface area (Å²) in [4.78, 5) is 13.1. The Labute approximate surface area is 398 Å². The second kappa shape index (κ2) is 44.9. The number of allylic oxidation sites excluding steroid dienone is 5. The van der Waals surface area contributed by atoms with Crippen LogP contribution in [0.25, 0.3) is 0 Å². The molecule has 1 heterocycles. The van der Waals surface area contributed by atoms with Crippen LogP contribution in [0.5, 0.6) is 0 Å². The number of rotatable bonds is 46. The van der Waals surface area contributed by atoms with E-state index in [1.54, 1.807) is 6.08 Å². The zero-order valence-electron chi connectivity index (χ0n) is 41.9. The number of unbranched alkanes of at least 4 members (excludes halogenated alkanes) is 31. The Morgan fingerprint density at radius 3 is 1.34 bits per heavy atom. The summed E-state index contributed by atoms with van der Waals surface area (Å²) in [6.45, 7) is 3.57. The van der Waals surface area contributed by atoms with Gasteiger partial charge >= 0.3 is 0 Å². The molecule has 65 heavy (non-hydrogen) atoms. The normalized spacial score (nSPS) is 20.6. The maximum absolute atomic E-state index is 13.1. The van der Waals surface area contributed by atoms with E-state index >= 15 is 0 Å². The Kier molecular flexibility index (Phi) is 42.4. The van der Waals surface area contributed by atoms with Gasteiger partial charge in [0.15, 0.2) is 6.29 Å². The van der Waals surface area contributed by atoms with E-state index in [4.69, 9.17) is 9.47 Å². The maximum Gasteiger partial charge on any atom is 0.249 e. The van der Waals surface area contributed by atoms with Crippen molar-refractivity contribution in [3.63, 3.8) is 0 Å². The monoisotopic (exact) mass is 922 g/mol. The predicted molar refractivity (Wildman–Crippen MR) is 269 cm³/mol. The number of hydrogen-bond donors (Lipinski definition) is 7. The quantitative estimate of drug-likeness (QED) is 0.0232. The van der Waals surface area contributed by atoms with Crippen LogP contribution in [-0.4, -0.2) is 98.7 Å². The van der Waals surface area contributed by atoms with E-state index in [2.05, 4.69) is 43.5 Å². The molecule has 1 amide bonds. The van der Waals surface area contributed by atoms with Crippen LogP contribution >= 0.6 is 0 Å². The highest BCUT2D eigenvalue weighted by Gasteiger charge is 2.44. The van der Waals surface area contributed by atoms with Gasteiger partial charge < -0.3 is 45.4 Å². The number of carbonyl (C=O) groups is 1. The van der Waals surface area contributed by atoms with Crippen LogP contribution in [0.3, 0.4) is 0 Å². The molecule has 10 heteroatoms. The third-order valence-electron chi connectivity index (χ3n) is 13.1. The molecule has 0 aromatic heterocycles. The van der Waals surface area contributed by atoms with Crippen LogP contribution < -0.4 is 5.32 Å². The molecule has 1 fully saturated rings.